The van der Waals surface area contributed by atoms with Crippen molar-refractivity contribution >= 4 is 6.08 Å². The third kappa shape index (κ3) is 1.94. The fourth-order valence-electron chi connectivity index (χ4n) is 1.06. The highest BCUT2D eigenvalue weighted by Gasteiger charge is 1.91. The molecule has 0 atom stereocenters. The minimum atomic E-state index is 1.29. The Morgan fingerprint density at radius 1 is 1.09 bits per heavy atom. The molecule has 0 aliphatic carbocycles. The van der Waals surface area contributed by atoms with Crippen molar-refractivity contribution in [3.8, 4) is 0 Å². The monoisotopic (exact) mass is 146 g/mol. The van der Waals surface area contributed by atoms with Gasteiger partial charge in [0.1, 0.15) is 0 Å². The molecule has 1 rings (SSSR count). The molecule has 1 aromatic rings. The highest BCUT2D eigenvalue weighted by Crippen LogP contribution is 2.10. The third-order valence-electron chi connectivity index (χ3n) is 1.89. The van der Waals surface area contributed by atoms with Gasteiger partial charge in [0.2, 0.25) is 0 Å². The molecule has 1 aromatic carbocycles. The molecule has 0 saturated heterocycles. The summed E-state index contributed by atoms with van der Waals surface area (Å²) in [7, 11) is 0. The van der Waals surface area contributed by atoms with E-state index in [-0.39, 0.29) is 0 Å². The fourth-order valence-corrected chi connectivity index (χ4v) is 1.06. The van der Waals surface area contributed by atoms with Crippen LogP contribution >= 0.6 is 0 Å². The van der Waals surface area contributed by atoms with E-state index in [1.54, 1.807) is 0 Å². The molecule has 0 nitrogen and oxygen atoms in total. The summed E-state index contributed by atoms with van der Waals surface area (Å²) < 4.78 is 0. The lowest BCUT2D eigenvalue weighted by Gasteiger charge is -1.99. The van der Waals surface area contributed by atoms with Gasteiger partial charge in [-0.1, -0.05) is 30.4 Å². The van der Waals surface area contributed by atoms with Gasteiger partial charge >= 0.3 is 0 Å². The van der Waals surface area contributed by atoms with Crippen LogP contribution in [0.1, 0.15) is 23.6 Å². The van der Waals surface area contributed by atoms with Crippen LogP contribution in [-0.4, -0.2) is 0 Å². The Bertz CT molecular complexity index is 269. The van der Waals surface area contributed by atoms with E-state index < -0.39 is 0 Å². The highest BCUT2D eigenvalue weighted by atomic mass is 14.0. The normalized spacial score (nSPS) is 10.8. The standard InChI is InChI=1S/C11H14/c1-4-5-11-7-6-9(2)10(3)8-11/h4-8H,1-3H3. The van der Waals surface area contributed by atoms with Crippen molar-refractivity contribution in [3.63, 3.8) is 0 Å². The van der Waals surface area contributed by atoms with E-state index in [9.17, 15) is 0 Å². The molecule has 0 N–H and O–H groups in total. The maximum absolute atomic E-state index is 2.20. The average Bonchev–Trinajstić information content (AvgIpc) is 1.98. The van der Waals surface area contributed by atoms with Gasteiger partial charge in [0.15, 0.2) is 0 Å². The zero-order valence-corrected chi connectivity index (χ0v) is 7.39. The molecule has 0 bridgehead atoms. The Hall–Kier alpha value is -1.04. The summed E-state index contributed by atoms with van der Waals surface area (Å²) in [4.78, 5) is 0. The van der Waals surface area contributed by atoms with Crippen LogP contribution in [0.3, 0.4) is 0 Å². The van der Waals surface area contributed by atoms with Crippen LogP contribution in [0.5, 0.6) is 0 Å². The molecule has 11 heavy (non-hydrogen) atoms. The molecular weight excluding hydrogens is 132 g/mol. The SMILES string of the molecule is CC=Cc1ccc(C)c(C)c1. The van der Waals surface area contributed by atoms with Crippen molar-refractivity contribution in [2.75, 3.05) is 0 Å². The average molecular weight is 146 g/mol. The van der Waals surface area contributed by atoms with Crippen LogP contribution in [0.4, 0.5) is 0 Å². The Labute approximate surface area is 68.6 Å². The topological polar surface area (TPSA) is 0 Å². The van der Waals surface area contributed by atoms with Crippen molar-refractivity contribution in [1.29, 1.82) is 0 Å². The first-order chi connectivity index (χ1) is 5.24. The highest BCUT2D eigenvalue weighted by molar-refractivity contribution is 5.51. The zero-order valence-electron chi connectivity index (χ0n) is 7.39. The molecule has 0 aliphatic heterocycles. The van der Waals surface area contributed by atoms with E-state index in [0.29, 0.717) is 0 Å². The van der Waals surface area contributed by atoms with E-state index in [1.807, 2.05) is 6.92 Å². The minimum Gasteiger partial charge on any atom is -0.0871 e. The van der Waals surface area contributed by atoms with Crippen LogP contribution < -0.4 is 0 Å². The molecule has 0 unspecified atom stereocenters. The summed E-state index contributed by atoms with van der Waals surface area (Å²) in [5.74, 6) is 0. The molecule has 0 aromatic heterocycles. The van der Waals surface area contributed by atoms with Gasteiger partial charge in [-0.05, 0) is 37.5 Å². The molecule has 0 radical (unpaired) electrons. The first-order valence-electron chi connectivity index (χ1n) is 3.94. The van der Waals surface area contributed by atoms with Crippen LogP contribution in [0.25, 0.3) is 6.08 Å². The van der Waals surface area contributed by atoms with Crippen LogP contribution in [0, 0.1) is 13.8 Å². The lowest BCUT2D eigenvalue weighted by molar-refractivity contribution is 1.33. The van der Waals surface area contributed by atoms with Crippen LogP contribution in [-0.2, 0) is 0 Å². The Morgan fingerprint density at radius 3 is 2.36 bits per heavy atom. The predicted octanol–water partition coefficient (Wildman–Crippen LogP) is 3.34. The smallest absolute Gasteiger partial charge is 0.0257 e. The summed E-state index contributed by atoms with van der Waals surface area (Å²) in [6.45, 7) is 6.31. The number of allylic oxidation sites excluding steroid dienone is 1. The summed E-state index contributed by atoms with van der Waals surface area (Å²) in [6, 6.07) is 6.50. The lowest BCUT2D eigenvalue weighted by Crippen LogP contribution is -1.80. The molecule has 58 valence electrons. The molecule has 0 heterocycles. The van der Waals surface area contributed by atoms with Crippen molar-refractivity contribution in [3.05, 3.63) is 41.0 Å². The van der Waals surface area contributed by atoms with Gasteiger partial charge in [0, 0.05) is 0 Å². The van der Waals surface area contributed by atoms with Gasteiger partial charge in [-0.25, -0.2) is 0 Å². The largest absolute Gasteiger partial charge is 0.0871 e. The van der Waals surface area contributed by atoms with Crippen molar-refractivity contribution in [1.82, 2.24) is 0 Å². The second-order valence-electron chi connectivity index (χ2n) is 2.84. The van der Waals surface area contributed by atoms with Crippen LogP contribution in [0.2, 0.25) is 0 Å². The van der Waals surface area contributed by atoms with E-state index in [1.165, 1.54) is 16.7 Å². The molecule has 0 fully saturated rings. The Balaban J connectivity index is 3.05. The first kappa shape index (κ1) is 8.06. The van der Waals surface area contributed by atoms with E-state index in [4.69, 9.17) is 0 Å². The second kappa shape index (κ2) is 3.38. The van der Waals surface area contributed by atoms with Gasteiger partial charge in [-0.3, -0.25) is 0 Å². The predicted molar refractivity (Wildman–Crippen MR) is 50.6 cm³/mol. The van der Waals surface area contributed by atoms with Crippen molar-refractivity contribution in [2.24, 2.45) is 0 Å². The maximum Gasteiger partial charge on any atom is -0.0257 e. The van der Waals surface area contributed by atoms with Crippen molar-refractivity contribution in [2.45, 2.75) is 20.8 Å². The molecule has 0 aliphatic rings. The fraction of sp³-hybridized carbons (Fsp3) is 0.273. The van der Waals surface area contributed by atoms with Gasteiger partial charge in [-0.2, -0.15) is 0 Å². The summed E-state index contributed by atoms with van der Waals surface area (Å²) in [5.41, 5.74) is 4.01. The quantitative estimate of drug-likeness (QED) is 0.570. The minimum absolute atomic E-state index is 1.29. The summed E-state index contributed by atoms with van der Waals surface area (Å²) in [5, 5.41) is 0. The number of rotatable bonds is 1. The van der Waals surface area contributed by atoms with Crippen LogP contribution in [0.15, 0.2) is 24.3 Å². The van der Waals surface area contributed by atoms with E-state index in [0.717, 1.165) is 0 Å². The molecule has 0 saturated carbocycles. The first-order valence-corrected chi connectivity index (χ1v) is 3.94. The number of hydrogen-bond donors (Lipinski definition) is 0. The van der Waals surface area contributed by atoms with E-state index >= 15 is 0 Å². The summed E-state index contributed by atoms with van der Waals surface area (Å²) in [6.07, 6.45) is 4.18. The van der Waals surface area contributed by atoms with Gasteiger partial charge in [0.05, 0.1) is 0 Å². The number of hydrogen-bond acceptors (Lipinski definition) is 0. The molecule has 0 spiro atoms. The number of aryl methyl sites for hydroxylation is 2. The maximum atomic E-state index is 2.20. The summed E-state index contributed by atoms with van der Waals surface area (Å²) >= 11 is 0. The van der Waals surface area contributed by atoms with E-state index in [2.05, 4.69) is 44.2 Å². The Morgan fingerprint density at radius 2 is 1.82 bits per heavy atom. The zero-order chi connectivity index (χ0) is 8.27. The second-order valence-corrected chi connectivity index (χ2v) is 2.84. The lowest BCUT2D eigenvalue weighted by atomic mass is 10.1. The molecular formula is C11H14. The molecule has 0 amide bonds. The van der Waals surface area contributed by atoms with Gasteiger partial charge in [-0.15, -0.1) is 0 Å². The Kier molecular flexibility index (Phi) is 2.48. The van der Waals surface area contributed by atoms with Gasteiger partial charge < -0.3 is 0 Å². The van der Waals surface area contributed by atoms with Crippen molar-refractivity contribution < 1.29 is 0 Å². The third-order valence-corrected chi connectivity index (χ3v) is 1.89. The van der Waals surface area contributed by atoms with Gasteiger partial charge in [0.25, 0.3) is 0 Å². The molecule has 0 heteroatoms. The number of benzene rings is 1.